The molecule has 0 fully saturated rings. The summed E-state index contributed by atoms with van der Waals surface area (Å²) in [5.41, 5.74) is 2.08. The molecule has 0 saturated heterocycles. The van der Waals surface area contributed by atoms with E-state index in [2.05, 4.69) is 22.0 Å². The van der Waals surface area contributed by atoms with Crippen LogP contribution >= 0.6 is 39.1 Å². The van der Waals surface area contributed by atoms with Crippen LogP contribution in [0.3, 0.4) is 0 Å². The number of ether oxygens (including phenoxy) is 2. The molecule has 0 aliphatic rings. The first kappa shape index (κ1) is 17.3. The van der Waals surface area contributed by atoms with Crippen LogP contribution in [0, 0.1) is 11.3 Å². The molecule has 0 bridgehead atoms. The third-order valence-electron chi connectivity index (χ3n) is 3.01. The molecule has 2 aromatic carbocycles. The zero-order chi connectivity index (χ0) is 16.1. The fraction of sp³-hybridized carbons (Fsp3) is 0.188. The fourth-order valence-corrected chi connectivity index (χ4v) is 2.97. The first-order valence-electron chi connectivity index (χ1n) is 6.32. The van der Waals surface area contributed by atoms with Gasteiger partial charge in [0.25, 0.3) is 0 Å². The van der Waals surface area contributed by atoms with Gasteiger partial charge in [-0.1, -0.05) is 45.2 Å². The van der Waals surface area contributed by atoms with E-state index >= 15 is 0 Å². The fourth-order valence-electron chi connectivity index (χ4n) is 2.01. The number of benzene rings is 2. The third-order valence-corrected chi connectivity index (χ3v) is 4.29. The van der Waals surface area contributed by atoms with Gasteiger partial charge in [0, 0.05) is 32.8 Å². The summed E-state index contributed by atoms with van der Waals surface area (Å²) >= 11 is 15.7. The minimum atomic E-state index is -0.479. The summed E-state index contributed by atoms with van der Waals surface area (Å²) in [5.74, 6) is 0. The molecule has 2 rings (SSSR count). The van der Waals surface area contributed by atoms with E-state index in [0.717, 1.165) is 15.6 Å². The van der Waals surface area contributed by atoms with Gasteiger partial charge < -0.3 is 9.47 Å². The van der Waals surface area contributed by atoms with Crippen molar-refractivity contribution in [2.75, 3.05) is 13.9 Å². The van der Waals surface area contributed by atoms with E-state index < -0.39 is 6.10 Å². The van der Waals surface area contributed by atoms with Gasteiger partial charge in [0.05, 0.1) is 11.6 Å². The monoisotopic (exact) mass is 399 g/mol. The molecular weight excluding hydrogens is 389 g/mol. The minimum Gasteiger partial charge on any atom is -0.359 e. The van der Waals surface area contributed by atoms with Gasteiger partial charge in [0.15, 0.2) is 0 Å². The number of rotatable bonds is 5. The first-order chi connectivity index (χ1) is 10.6. The van der Waals surface area contributed by atoms with E-state index in [-0.39, 0.29) is 6.79 Å². The molecule has 114 valence electrons. The van der Waals surface area contributed by atoms with E-state index in [1.807, 2.05) is 0 Å². The number of nitrogens with zero attached hydrogens (tertiary/aromatic N) is 1. The molecule has 0 radical (unpaired) electrons. The van der Waals surface area contributed by atoms with Gasteiger partial charge in [-0.2, -0.15) is 5.26 Å². The van der Waals surface area contributed by atoms with Crippen LogP contribution in [-0.4, -0.2) is 13.9 Å². The van der Waals surface area contributed by atoms with Gasteiger partial charge in [0.1, 0.15) is 12.9 Å². The van der Waals surface area contributed by atoms with E-state index in [9.17, 15) is 0 Å². The van der Waals surface area contributed by atoms with Crippen molar-refractivity contribution < 1.29 is 9.47 Å². The maximum atomic E-state index is 9.10. The topological polar surface area (TPSA) is 42.2 Å². The van der Waals surface area contributed by atoms with Crippen LogP contribution in [-0.2, 0) is 9.47 Å². The van der Waals surface area contributed by atoms with Crippen molar-refractivity contribution in [3.05, 3.63) is 67.6 Å². The van der Waals surface area contributed by atoms with Crippen molar-refractivity contribution in [2.24, 2.45) is 0 Å². The van der Waals surface area contributed by atoms with Crippen LogP contribution in [0.15, 0.2) is 40.9 Å². The molecule has 0 N–H and O–H groups in total. The highest BCUT2D eigenvalue weighted by Gasteiger charge is 2.21. The van der Waals surface area contributed by atoms with Crippen LogP contribution in [0.1, 0.15) is 22.8 Å². The zero-order valence-electron chi connectivity index (χ0n) is 11.6. The maximum absolute atomic E-state index is 9.10. The van der Waals surface area contributed by atoms with Crippen molar-refractivity contribution >= 4 is 39.1 Å². The van der Waals surface area contributed by atoms with Gasteiger partial charge in [-0.25, -0.2) is 0 Å². The van der Waals surface area contributed by atoms with Gasteiger partial charge in [-0.05, 0) is 30.3 Å². The smallest absolute Gasteiger partial charge is 0.147 e. The average Bonchev–Trinajstić information content (AvgIpc) is 2.50. The standard InChI is InChI=1S/C16H12BrCl2NO2/c1-21-9-22-16(12-4-3-11(18)7-15(12)19)13-6-10(8-20)2-5-14(13)17/h2-7,16H,9H2,1H3. The Morgan fingerprint density at radius 1 is 1.18 bits per heavy atom. The summed E-state index contributed by atoms with van der Waals surface area (Å²) in [5, 5.41) is 10.1. The number of hydrogen-bond donors (Lipinski definition) is 0. The van der Waals surface area contributed by atoms with Crippen LogP contribution in [0.5, 0.6) is 0 Å². The summed E-state index contributed by atoms with van der Waals surface area (Å²) in [6.45, 7) is 0.0901. The lowest BCUT2D eigenvalue weighted by atomic mass is 9.99. The Kier molecular flexibility index (Phi) is 6.25. The molecule has 2 aromatic rings. The van der Waals surface area contributed by atoms with Crippen molar-refractivity contribution in [3.8, 4) is 6.07 Å². The molecular formula is C16H12BrCl2NO2. The minimum absolute atomic E-state index is 0.0901. The van der Waals surface area contributed by atoms with Crippen LogP contribution in [0.4, 0.5) is 0 Å². The lowest BCUT2D eigenvalue weighted by Gasteiger charge is -2.21. The summed E-state index contributed by atoms with van der Waals surface area (Å²) < 4.78 is 11.6. The summed E-state index contributed by atoms with van der Waals surface area (Å²) in [4.78, 5) is 0. The predicted molar refractivity (Wildman–Crippen MR) is 90.1 cm³/mol. The second-order valence-corrected chi connectivity index (χ2v) is 6.17. The van der Waals surface area contributed by atoms with Crippen LogP contribution < -0.4 is 0 Å². The largest absolute Gasteiger partial charge is 0.359 e. The maximum Gasteiger partial charge on any atom is 0.147 e. The van der Waals surface area contributed by atoms with Crippen LogP contribution in [0.2, 0.25) is 10.0 Å². The van der Waals surface area contributed by atoms with Gasteiger partial charge in [-0.3, -0.25) is 0 Å². The summed E-state index contributed by atoms with van der Waals surface area (Å²) in [6.07, 6.45) is -0.479. The first-order valence-corrected chi connectivity index (χ1v) is 7.86. The average molecular weight is 401 g/mol. The normalized spacial score (nSPS) is 12.0. The molecule has 1 atom stereocenters. The molecule has 0 spiro atoms. The molecule has 3 nitrogen and oxygen atoms in total. The Balaban J connectivity index is 2.53. The zero-order valence-corrected chi connectivity index (χ0v) is 14.7. The van der Waals surface area contributed by atoms with E-state index in [0.29, 0.717) is 15.6 Å². The van der Waals surface area contributed by atoms with Gasteiger partial charge in [0.2, 0.25) is 0 Å². The molecule has 0 saturated carbocycles. The Morgan fingerprint density at radius 2 is 1.95 bits per heavy atom. The SMILES string of the molecule is COCOC(c1ccc(Cl)cc1Cl)c1cc(C#N)ccc1Br. The second-order valence-electron chi connectivity index (χ2n) is 4.47. The number of hydrogen-bond acceptors (Lipinski definition) is 3. The molecule has 0 aromatic heterocycles. The Hall–Kier alpha value is -1.09. The predicted octanol–water partition coefficient (Wildman–Crippen LogP) is 5.34. The molecule has 0 heterocycles. The highest BCUT2D eigenvalue weighted by Crippen LogP contribution is 2.36. The molecule has 1 unspecified atom stereocenters. The van der Waals surface area contributed by atoms with Crippen LogP contribution in [0.25, 0.3) is 0 Å². The van der Waals surface area contributed by atoms with E-state index in [1.54, 1.807) is 43.5 Å². The Bertz CT molecular complexity index is 716. The molecule has 0 amide bonds. The van der Waals surface area contributed by atoms with E-state index in [4.69, 9.17) is 37.9 Å². The quantitative estimate of drug-likeness (QED) is 0.636. The summed E-state index contributed by atoms with van der Waals surface area (Å²) in [7, 11) is 1.54. The molecule has 0 aliphatic heterocycles. The lowest BCUT2D eigenvalue weighted by molar-refractivity contribution is -0.0593. The molecule has 6 heteroatoms. The van der Waals surface area contributed by atoms with E-state index in [1.165, 1.54) is 0 Å². The summed E-state index contributed by atoms with van der Waals surface area (Å²) in [6, 6.07) is 12.6. The van der Waals surface area contributed by atoms with Crippen molar-refractivity contribution in [1.82, 2.24) is 0 Å². The Morgan fingerprint density at radius 3 is 2.59 bits per heavy atom. The van der Waals surface area contributed by atoms with Crippen molar-refractivity contribution in [1.29, 1.82) is 5.26 Å². The number of halogens is 3. The lowest BCUT2D eigenvalue weighted by Crippen LogP contribution is -2.10. The molecule has 22 heavy (non-hydrogen) atoms. The highest BCUT2D eigenvalue weighted by molar-refractivity contribution is 9.10. The van der Waals surface area contributed by atoms with Gasteiger partial charge in [-0.15, -0.1) is 0 Å². The highest BCUT2D eigenvalue weighted by atomic mass is 79.9. The molecule has 0 aliphatic carbocycles. The van der Waals surface area contributed by atoms with Crippen molar-refractivity contribution in [3.63, 3.8) is 0 Å². The second kappa shape index (κ2) is 7.96. The third kappa shape index (κ3) is 4.01. The van der Waals surface area contributed by atoms with Crippen molar-refractivity contribution in [2.45, 2.75) is 6.10 Å². The number of methoxy groups -OCH3 is 1. The number of nitriles is 1. The Labute approximate surface area is 147 Å². The van der Waals surface area contributed by atoms with Gasteiger partial charge >= 0.3 is 0 Å².